The maximum atomic E-state index is 11.7. The second-order valence-electron chi connectivity index (χ2n) is 5.31. The number of amides is 1. The van der Waals surface area contributed by atoms with Crippen LogP contribution in [0.5, 0.6) is 5.75 Å². The first kappa shape index (κ1) is 19.4. The van der Waals surface area contributed by atoms with Crippen LogP contribution < -0.4 is 15.4 Å². The normalized spacial score (nSPS) is 14.7. The van der Waals surface area contributed by atoms with E-state index in [9.17, 15) is 9.59 Å². The molecule has 23 heavy (non-hydrogen) atoms. The highest BCUT2D eigenvalue weighted by molar-refractivity contribution is 5.94. The number of carbonyl (C=O) groups is 2. The summed E-state index contributed by atoms with van der Waals surface area (Å²) < 4.78 is 5.41. The van der Waals surface area contributed by atoms with Crippen LogP contribution in [0.2, 0.25) is 0 Å². The van der Waals surface area contributed by atoms with Gasteiger partial charge in [-0.05, 0) is 19.1 Å². The fourth-order valence-corrected chi connectivity index (χ4v) is 2.29. The van der Waals surface area contributed by atoms with Crippen LogP contribution in [0.25, 0.3) is 0 Å². The predicted molar refractivity (Wildman–Crippen MR) is 91.5 cm³/mol. The Kier molecular flexibility index (Phi) is 8.61. The average molecular weight is 342 g/mol. The topological polar surface area (TPSA) is 70.7 Å². The Morgan fingerprint density at radius 2 is 2.04 bits per heavy atom. The summed E-state index contributed by atoms with van der Waals surface area (Å²) in [5.41, 5.74) is 0.580. The van der Waals surface area contributed by atoms with E-state index < -0.39 is 0 Å². The third-order valence-electron chi connectivity index (χ3n) is 3.57. The number of ketones is 1. The molecule has 1 fully saturated rings. The van der Waals surface area contributed by atoms with E-state index in [1.165, 1.54) is 6.92 Å². The molecule has 0 bridgehead atoms. The van der Waals surface area contributed by atoms with E-state index in [0.717, 1.165) is 32.7 Å². The summed E-state index contributed by atoms with van der Waals surface area (Å²) in [7, 11) is 0. The van der Waals surface area contributed by atoms with Crippen molar-refractivity contribution in [2.24, 2.45) is 0 Å². The number of hydrogen-bond acceptors (Lipinski definition) is 5. The molecule has 2 rings (SSSR count). The summed E-state index contributed by atoms with van der Waals surface area (Å²) in [6.07, 6.45) is 0. The van der Waals surface area contributed by atoms with Gasteiger partial charge in [0, 0.05) is 44.8 Å². The Morgan fingerprint density at radius 1 is 1.30 bits per heavy atom. The first-order valence-corrected chi connectivity index (χ1v) is 7.59. The Balaban J connectivity index is 0.00000264. The van der Waals surface area contributed by atoms with Crippen LogP contribution in [0, 0.1) is 0 Å². The van der Waals surface area contributed by atoms with Crippen molar-refractivity contribution >= 4 is 24.1 Å². The Hall–Kier alpha value is -1.63. The highest BCUT2D eigenvalue weighted by Crippen LogP contribution is 2.13. The fraction of sp³-hybridized carbons (Fsp3) is 0.500. The lowest BCUT2D eigenvalue weighted by molar-refractivity contribution is -0.123. The van der Waals surface area contributed by atoms with Crippen LogP contribution in [0.1, 0.15) is 17.3 Å². The molecule has 0 spiro atoms. The number of Topliss-reactive ketones (excluding diaryl/α,β-unsaturated/α-hetero) is 1. The molecule has 1 aliphatic heterocycles. The number of hydrogen-bond donors (Lipinski definition) is 2. The number of benzene rings is 1. The molecule has 128 valence electrons. The standard InChI is InChI=1S/C16H23N3O3.ClH/c1-13(20)14-3-2-4-15(11-14)22-12-16(21)18-7-10-19-8-5-17-6-9-19;/h2-4,11,17H,5-10,12H2,1H3,(H,18,21);1H. The molecule has 0 atom stereocenters. The molecule has 0 aliphatic carbocycles. The highest BCUT2D eigenvalue weighted by Gasteiger charge is 2.09. The molecule has 1 aromatic carbocycles. The first-order chi connectivity index (χ1) is 10.6. The van der Waals surface area contributed by atoms with E-state index in [1.54, 1.807) is 24.3 Å². The zero-order valence-corrected chi connectivity index (χ0v) is 14.2. The third-order valence-corrected chi connectivity index (χ3v) is 3.57. The lowest BCUT2D eigenvalue weighted by Crippen LogP contribution is -2.46. The SMILES string of the molecule is CC(=O)c1cccc(OCC(=O)NCCN2CCNCC2)c1.Cl. The number of rotatable bonds is 7. The number of carbonyl (C=O) groups excluding carboxylic acids is 2. The van der Waals surface area contributed by atoms with Gasteiger partial charge in [0.2, 0.25) is 0 Å². The monoisotopic (exact) mass is 341 g/mol. The molecular formula is C16H24ClN3O3. The zero-order valence-electron chi connectivity index (χ0n) is 13.3. The van der Waals surface area contributed by atoms with Gasteiger partial charge in [-0.25, -0.2) is 0 Å². The minimum Gasteiger partial charge on any atom is -0.484 e. The largest absolute Gasteiger partial charge is 0.484 e. The maximum Gasteiger partial charge on any atom is 0.257 e. The van der Waals surface area contributed by atoms with E-state index in [-0.39, 0.29) is 30.7 Å². The number of nitrogens with one attached hydrogen (secondary N) is 2. The van der Waals surface area contributed by atoms with Gasteiger partial charge in [0.15, 0.2) is 12.4 Å². The molecule has 1 aromatic rings. The Bertz CT molecular complexity index is 519. The molecule has 1 amide bonds. The molecule has 0 saturated carbocycles. The van der Waals surface area contributed by atoms with Gasteiger partial charge in [-0.2, -0.15) is 0 Å². The summed E-state index contributed by atoms with van der Waals surface area (Å²) in [5.74, 6) is 0.360. The van der Waals surface area contributed by atoms with Gasteiger partial charge in [0.25, 0.3) is 5.91 Å². The van der Waals surface area contributed by atoms with Crippen molar-refractivity contribution in [2.75, 3.05) is 45.9 Å². The molecule has 1 heterocycles. The molecule has 0 radical (unpaired) electrons. The van der Waals surface area contributed by atoms with E-state index >= 15 is 0 Å². The molecule has 7 heteroatoms. The summed E-state index contributed by atoms with van der Waals surface area (Å²) in [6.45, 7) is 6.98. The molecule has 2 N–H and O–H groups in total. The molecule has 0 unspecified atom stereocenters. The van der Waals surface area contributed by atoms with E-state index in [0.29, 0.717) is 17.9 Å². The second kappa shape index (κ2) is 10.2. The van der Waals surface area contributed by atoms with Crippen molar-refractivity contribution in [1.82, 2.24) is 15.5 Å². The van der Waals surface area contributed by atoms with Crippen LogP contribution in [0.3, 0.4) is 0 Å². The van der Waals surface area contributed by atoms with Crippen molar-refractivity contribution in [3.63, 3.8) is 0 Å². The van der Waals surface area contributed by atoms with Crippen LogP contribution in [-0.2, 0) is 4.79 Å². The molecule has 1 aliphatic rings. The Labute approximate surface area is 143 Å². The minimum absolute atomic E-state index is 0. The van der Waals surface area contributed by atoms with Gasteiger partial charge in [0.05, 0.1) is 0 Å². The average Bonchev–Trinajstić information content (AvgIpc) is 2.54. The molecular weight excluding hydrogens is 318 g/mol. The number of nitrogens with zero attached hydrogens (tertiary/aromatic N) is 1. The zero-order chi connectivity index (χ0) is 15.8. The van der Waals surface area contributed by atoms with Crippen molar-refractivity contribution in [3.05, 3.63) is 29.8 Å². The smallest absolute Gasteiger partial charge is 0.257 e. The van der Waals surface area contributed by atoms with Gasteiger partial charge in [0.1, 0.15) is 5.75 Å². The minimum atomic E-state index is -0.150. The highest BCUT2D eigenvalue weighted by atomic mass is 35.5. The summed E-state index contributed by atoms with van der Waals surface area (Å²) >= 11 is 0. The van der Waals surface area contributed by atoms with E-state index in [1.807, 2.05) is 0 Å². The number of halogens is 1. The van der Waals surface area contributed by atoms with E-state index in [2.05, 4.69) is 15.5 Å². The van der Waals surface area contributed by atoms with Crippen LogP contribution in [-0.4, -0.2) is 62.5 Å². The molecule has 1 saturated heterocycles. The summed E-state index contributed by atoms with van der Waals surface area (Å²) in [4.78, 5) is 25.3. The second-order valence-corrected chi connectivity index (χ2v) is 5.31. The third kappa shape index (κ3) is 6.99. The van der Waals surface area contributed by atoms with E-state index in [4.69, 9.17) is 4.74 Å². The van der Waals surface area contributed by atoms with Crippen molar-refractivity contribution < 1.29 is 14.3 Å². The summed E-state index contributed by atoms with van der Waals surface area (Å²) in [5, 5.41) is 6.14. The van der Waals surface area contributed by atoms with Gasteiger partial charge >= 0.3 is 0 Å². The van der Waals surface area contributed by atoms with Crippen LogP contribution in [0.15, 0.2) is 24.3 Å². The summed E-state index contributed by atoms with van der Waals surface area (Å²) in [6, 6.07) is 6.86. The predicted octanol–water partition coefficient (Wildman–Crippen LogP) is 0.711. The quantitative estimate of drug-likeness (QED) is 0.715. The van der Waals surface area contributed by atoms with Crippen molar-refractivity contribution in [2.45, 2.75) is 6.92 Å². The Morgan fingerprint density at radius 3 is 2.74 bits per heavy atom. The molecule has 6 nitrogen and oxygen atoms in total. The van der Waals surface area contributed by atoms with Crippen molar-refractivity contribution in [3.8, 4) is 5.75 Å². The number of piperazine rings is 1. The molecule has 0 aromatic heterocycles. The van der Waals surface area contributed by atoms with Crippen LogP contribution in [0.4, 0.5) is 0 Å². The lowest BCUT2D eigenvalue weighted by atomic mass is 10.1. The van der Waals surface area contributed by atoms with Gasteiger partial charge in [-0.15, -0.1) is 12.4 Å². The number of ether oxygens (including phenoxy) is 1. The van der Waals surface area contributed by atoms with Gasteiger partial charge in [-0.1, -0.05) is 12.1 Å². The van der Waals surface area contributed by atoms with Crippen molar-refractivity contribution in [1.29, 1.82) is 0 Å². The first-order valence-electron chi connectivity index (χ1n) is 7.59. The maximum absolute atomic E-state index is 11.7. The fourth-order valence-electron chi connectivity index (χ4n) is 2.29. The lowest BCUT2D eigenvalue weighted by Gasteiger charge is -2.27. The van der Waals surface area contributed by atoms with Gasteiger partial charge < -0.3 is 15.4 Å². The van der Waals surface area contributed by atoms with Gasteiger partial charge in [-0.3, -0.25) is 14.5 Å². The van der Waals surface area contributed by atoms with Crippen LogP contribution >= 0.6 is 12.4 Å².